The van der Waals surface area contributed by atoms with Gasteiger partial charge in [-0.15, -0.1) is 0 Å². The average molecular weight is 233 g/mol. The van der Waals surface area contributed by atoms with E-state index in [1.54, 1.807) is 18.2 Å². The SMILES string of the molecule is CCCOCCCNc1cc(C#N)ccc1N. The summed E-state index contributed by atoms with van der Waals surface area (Å²) in [6.07, 6.45) is 1.97. The van der Waals surface area contributed by atoms with Crippen molar-refractivity contribution in [2.45, 2.75) is 19.8 Å². The number of benzene rings is 1. The lowest BCUT2D eigenvalue weighted by atomic mass is 10.2. The number of hydrogen-bond donors (Lipinski definition) is 2. The van der Waals surface area contributed by atoms with E-state index in [9.17, 15) is 0 Å². The number of anilines is 2. The first kappa shape index (κ1) is 13.3. The Balaban J connectivity index is 2.33. The van der Waals surface area contributed by atoms with Crippen molar-refractivity contribution in [1.29, 1.82) is 5.26 Å². The first-order chi connectivity index (χ1) is 8.27. The van der Waals surface area contributed by atoms with Gasteiger partial charge in [0.2, 0.25) is 0 Å². The lowest BCUT2D eigenvalue weighted by Crippen LogP contribution is -2.07. The van der Waals surface area contributed by atoms with E-state index < -0.39 is 0 Å². The molecule has 1 aromatic rings. The van der Waals surface area contributed by atoms with Crippen LogP contribution < -0.4 is 11.1 Å². The van der Waals surface area contributed by atoms with Gasteiger partial charge in [0.1, 0.15) is 0 Å². The second-order valence-electron chi connectivity index (χ2n) is 3.81. The Labute approximate surface area is 102 Å². The van der Waals surface area contributed by atoms with Crippen LogP contribution in [0.3, 0.4) is 0 Å². The van der Waals surface area contributed by atoms with Gasteiger partial charge in [0.15, 0.2) is 0 Å². The van der Waals surface area contributed by atoms with Crippen LogP contribution in [0.4, 0.5) is 11.4 Å². The van der Waals surface area contributed by atoms with Gasteiger partial charge in [0.05, 0.1) is 23.0 Å². The summed E-state index contributed by atoms with van der Waals surface area (Å²) in [5.74, 6) is 0. The first-order valence-corrected chi connectivity index (χ1v) is 5.89. The molecule has 92 valence electrons. The molecule has 0 atom stereocenters. The van der Waals surface area contributed by atoms with Crippen molar-refractivity contribution in [3.63, 3.8) is 0 Å². The van der Waals surface area contributed by atoms with Gasteiger partial charge in [0, 0.05) is 19.8 Å². The van der Waals surface area contributed by atoms with E-state index in [0.717, 1.165) is 38.3 Å². The zero-order chi connectivity index (χ0) is 12.5. The van der Waals surface area contributed by atoms with E-state index in [2.05, 4.69) is 18.3 Å². The number of nitriles is 1. The fourth-order valence-corrected chi connectivity index (χ4v) is 1.42. The largest absolute Gasteiger partial charge is 0.397 e. The molecule has 3 N–H and O–H groups in total. The standard InChI is InChI=1S/C13H19N3O/c1-2-7-17-8-3-6-16-13-9-11(10-14)4-5-12(13)15/h4-5,9,16H,2-3,6-8,15H2,1H3. The van der Waals surface area contributed by atoms with Gasteiger partial charge in [-0.25, -0.2) is 0 Å². The minimum Gasteiger partial charge on any atom is -0.397 e. The number of nitrogen functional groups attached to an aromatic ring is 1. The molecule has 0 aliphatic rings. The summed E-state index contributed by atoms with van der Waals surface area (Å²) >= 11 is 0. The summed E-state index contributed by atoms with van der Waals surface area (Å²) in [6.45, 7) is 4.44. The van der Waals surface area contributed by atoms with Crippen LogP contribution in [0.25, 0.3) is 0 Å². The molecule has 0 fully saturated rings. The van der Waals surface area contributed by atoms with Gasteiger partial charge in [-0.2, -0.15) is 5.26 Å². The van der Waals surface area contributed by atoms with Crippen molar-refractivity contribution in [2.24, 2.45) is 0 Å². The fraction of sp³-hybridized carbons (Fsp3) is 0.462. The summed E-state index contributed by atoms with van der Waals surface area (Å²) in [5, 5.41) is 12.0. The minimum absolute atomic E-state index is 0.615. The van der Waals surface area contributed by atoms with Crippen molar-refractivity contribution in [1.82, 2.24) is 0 Å². The zero-order valence-electron chi connectivity index (χ0n) is 10.2. The van der Waals surface area contributed by atoms with Gasteiger partial charge in [0.25, 0.3) is 0 Å². The highest BCUT2D eigenvalue weighted by Crippen LogP contribution is 2.19. The Morgan fingerprint density at radius 3 is 2.94 bits per heavy atom. The van der Waals surface area contributed by atoms with Crippen LogP contribution in [0.2, 0.25) is 0 Å². The number of hydrogen-bond acceptors (Lipinski definition) is 4. The minimum atomic E-state index is 0.615. The molecule has 0 amide bonds. The van der Waals surface area contributed by atoms with E-state index in [-0.39, 0.29) is 0 Å². The predicted octanol–water partition coefficient (Wildman–Crippen LogP) is 2.37. The van der Waals surface area contributed by atoms with Crippen LogP contribution in [0, 0.1) is 11.3 Å². The maximum atomic E-state index is 8.78. The Kier molecular flexibility index (Phi) is 5.91. The number of rotatable bonds is 7. The molecule has 0 unspecified atom stereocenters. The Morgan fingerprint density at radius 1 is 1.41 bits per heavy atom. The summed E-state index contributed by atoms with van der Waals surface area (Å²) in [4.78, 5) is 0. The molecule has 0 saturated carbocycles. The van der Waals surface area contributed by atoms with E-state index in [4.69, 9.17) is 15.7 Å². The van der Waals surface area contributed by atoms with Crippen LogP contribution in [0.15, 0.2) is 18.2 Å². The topological polar surface area (TPSA) is 71.1 Å². The van der Waals surface area contributed by atoms with E-state index in [0.29, 0.717) is 11.3 Å². The number of nitrogens with one attached hydrogen (secondary N) is 1. The third kappa shape index (κ3) is 4.75. The third-order valence-electron chi connectivity index (χ3n) is 2.31. The van der Waals surface area contributed by atoms with Gasteiger partial charge in [-0.05, 0) is 31.0 Å². The Bertz CT molecular complexity index is 385. The smallest absolute Gasteiger partial charge is 0.0992 e. The molecule has 0 aliphatic heterocycles. The van der Waals surface area contributed by atoms with Crippen molar-refractivity contribution in [3.05, 3.63) is 23.8 Å². The number of nitrogens with zero attached hydrogens (tertiary/aromatic N) is 1. The lowest BCUT2D eigenvalue weighted by molar-refractivity contribution is 0.134. The summed E-state index contributed by atoms with van der Waals surface area (Å²) in [5.41, 5.74) is 7.90. The maximum absolute atomic E-state index is 8.78. The molecular weight excluding hydrogens is 214 g/mol. The molecule has 17 heavy (non-hydrogen) atoms. The highest BCUT2D eigenvalue weighted by atomic mass is 16.5. The summed E-state index contributed by atoms with van der Waals surface area (Å²) in [7, 11) is 0. The average Bonchev–Trinajstić information content (AvgIpc) is 2.35. The van der Waals surface area contributed by atoms with E-state index in [1.165, 1.54) is 0 Å². The van der Waals surface area contributed by atoms with Crippen molar-refractivity contribution >= 4 is 11.4 Å². The second kappa shape index (κ2) is 7.53. The molecule has 0 bridgehead atoms. The molecule has 0 spiro atoms. The molecular formula is C13H19N3O. The molecule has 0 saturated heterocycles. The van der Waals surface area contributed by atoms with Crippen molar-refractivity contribution in [2.75, 3.05) is 30.8 Å². The predicted molar refractivity (Wildman–Crippen MR) is 69.8 cm³/mol. The Morgan fingerprint density at radius 2 is 2.24 bits per heavy atom. The van der Waals surface area contributed by atoms with Gasteiger partial charge in [-0.3, -0.25) is 0 Å². The highest BCUT2D eigenvalue weighted by molar-refractivity contribution is 5.68. The zero-order valence-corrected chi connectivity index (χ0v) is 10.2. The van der Waals surface area contributed by atoms with Crippen molar-refractivity contribution in [3.8, 4) is 6.07 Å². The molecule has 4 nitrogen and oxygen atoms in total. The monoisotopic (exact) mass is 233 g/mol. The van der Waals surface area contributed by atoms with E-state index in [1.807, 2.05) is 0 Å². The Hall–Kier alpha value is -1.73. The van der Waals surface area contributed by atoms with Crippen LogP contribution in [0.1, 0.15) is 25.3 Å². The van der Waals surface area contributed by atoms with Crippen LogP contribution in [-0.2, 0) is 4.74 Å². The molecule has 4 heteroatoms. The quantitative estimate of drug-likeness (QED) is 0.560. The molecule has 1 rings (SSSR count). The maximum Gasteiger partial charge on any atom is 0.0992 e. The fourth-order valence-electron chi connectivity index (χ4n) is 1.42. The summed E-state index contributed by atoms with van der Waals surface area (Å²) in [6, 6.07) is 7.32. The van der Waals surface area contributed by atoms with Gasteiger partial charge < -0.3 is 15.8 Å². The van der Waals surface area contributed by atoms with Crippen LogP contribution >= 0.6 is 0 Å². The second-order valence-corrected chi connectivity index (χ2v) is 3.81. The lowest BCUT2D eigenvalue weighted by Gasteiger charge is -2.09. The van der Waals surface area contributed by atoms with Crippen LogP contribution in [-0.4, -0.2) is 19.8 Å². The van der Waals surface area contributed by atoms with Crippen LogP contribution in [0.5, 0.6) is 0 Å². The normalized spacial score (nSPS) is 9.88. The van der Waals surface area contributed by atoms with Gasteiger partial charge in [-0.1, -0.05) is 6.92 Å². The third-order valence-corrected chi connectivity index (χ3v) is 2.31. The first-order valence-electron chi connectivity index (χ1n) is 5.89. The van der Waals surface area contributed by atoms with Gasteiger partial charge >= 0.3 is 0 Å². The van der Waals surface area contributed by atoms with E-state index >= 15 is 0 Å². The number of ether oxygens (including phenoxy) is 1. The van der Waals surface area contributed by atoms with Crippen molar-refractivity contribution < 1.29 is 4.74 Å². The highest BCUT2D eigenvalue weighted by Gasteiger charge is 1.99. The number of nitrogens with two attached hydrogens (primary N) is 1. The molecule has 0 heterocycles. The molecule has 0 aromatic heterocycles. The molecule has 0 radical (unpaired) electrons. The summed E-state index contributed by atoms with van der Waals surface area (Å²) < 4.78 is 5.37. The molecule has 1 aromatic carbocycles. The molecule has 0 aliphatic carbocycles.